The number of piperazine rings is 1. The molecule has 2 heterocycles. The maximum absolute atomic E-state index is 13.3. The molecule has 1 fully saturated rings. The van der Waals surface area contributed by atoms with E-state index in [1.807, 2.05) is 62.4 Å². The Morgan fingerprint density at radius 2 is 1.31 bits per heavy atom. The van der Waals surface area contributed by atoms with Crippen LogP contribution in [0.25, 0.3) is 5.57 Å². The summed E-state index contributed by atoms with van der Waals surface area (Å²) in [5.74, 6) is -0.0969. The zero-order valence-electron chi connectivity index (χ0n) is 17.0. The van der Waals surface area contributed by atoms with Crippen LogP contribution in [0.1, 0.15) is 19.4 Å². The standard InChI is InChI=1S/C24H27N3O2/c1-18(2)17-27-23(28)21(19-9-5-3-6-10-19)22(24(27)29)26-15-13-25(14-16-26)20-11-7-4-8-12-20/h3-12,18H,13-17H2,1-2H3. The summed E-state index contributed by atoms with van der Waals surface area (Å²) in [6.07, 6.45) is 0. The van der Waals surface area contributed by atoms with Crippen molar-refractivity contribution in [2.75, 3.05) is 37.6 Å². The number of imide groups is 1. The molecule has 2 aromatic carbocycles. The maximum Gasteiger partial charge on any atom is 0.277 e. The number of carbonyl (C=O) groups is 2. The largest absolute Gasteiger partial charge is 0.368 e. The molecule has 2 aliphatic heterocycles. The molecule has 1 saturated heterocycles. The molecule has 4 rings (SSSR count). The number of benzene rings is 2. The minimum absolute atomic E-state index is 0.157. The Morgan fingerprint density at radius 3 is 1.90 bits per heavy atom. The Balaban J connectivity index is 1.63. The third-order valence-electron chi connectivity index (χ3n) is 5.47. The lowest BCUT2D eigenvalue weighted by molar-refractivity contribution is -0.138. The molecule has 0 saturated carbocycles. The Morgan fingerprint density at radius 1 is 0.759 bits per heavy atom. The molecule has 0 aromatic heterocycles. The van der Waals surface area contributed by atoms with Crippen molar-refractivity contribution >= 4 is 23.1 Å². The van der Waals surface area contributed by atoms with E-state index in [4.69, 9.17) is 0 Å². The topological polar surface area (TPSA) is 43.9 Å². The predicted molar refractivity (Wildman–Crippen MR) is 115 cm³/mol. The predicted octanol–water partition coefficient (Wildman–Crippen LogP) is 3.24. The van der Waals surface area contributed by atoms with Crippen molar-refractivity contribution < 1.29 is 9.59 Å². The van der Waals surface area contributed by atoms with Crippen molar-refractivity contribution in [3.05, 3.63) is 71.9 Å². The number of carbonyl (C=O) groups excluding carboxylic acids is 2. The van der Waals surface area contributed by atoms with Crippen LogP contribution in [0.5, 0.6) is 0 Å². The molecule has 0 aliphatic carbocycles. The van der Waals surface area contributed by atoms with E-state index in [-0.39, 0.29) is 17.7 Å². The normalized spacial score (nSPS) is 17.7. The first kappa shape index (κ1) is 19.2. The van der Waals surface area contributed by atoms with Gasteiger partial charge in [0.25, 0.3) is 11.8 Å². The number of hydrogen-bond donors (Lipinski definition) is 0. The molecule has 0 atom stereocenters. The van der Waals surface area contributed by atoms with Crippen molar-refractivity contribution in [3.63, 3.8) is 0 Å². The maximum atomic E-state index is 13.3. The Hall–Kier alpha value is -3.08. The average Bonchev–Trinajstić information content (AvgIpc) is 2.99. The summed E-state index contributed by atoms with van der Waals surface area (Å²) in [6.45, 7) is 7.58. The first-order chi connectivity index (χ1) is 14.1. The van der Waals surface area contributed by atoms with E-state index in [2.05, 4.69) is 21.9 Å². The van der Waals surface area contributed by atoms with Crippen molar-refractivity contribution in [2.24, 2.45) is 5.92 Å². The van der Waals surface area contributed by atoms with Crippen LogP contribution in [-0.2, 0) is 9.59 Å². The number of nitrogens with zero attached hydrogens (tertiary/aromatic N) is 3. The van der Waals surface area contributed by atoms with Gasteiger partial charge in [0.2, 0.25) is 0 Å². The van der Waals surface area contributed by atoms with Crippen LogP contribution in [0.3, 0.4) is 0 Å². The Bertz CT molecular complexity index is 914. The van der Waals surface area contributed by atoms with E-state index in [1.54, 1.807) is 0 Å². The Kier molecular flexibility index (Phi) is 5.38. The number of rotatable bonds is 5. The molecule has 0 radical (unpaired) electrons. The lowest BCUT2D eigenvalue weighted by atomic mass is 10.0. The van der Waals surface area contributed by atoms with Gasteiger partial charge in [-0.2, -0.15) is 0 Å². The SMILES string of the molecule is CC(C)CN1C(=O)C(c2ccccc2)=C(N2CCN(c3ccccc3)CC2)C1=O. The average molecular weight is 389 g/mol. The highest BCUT2D eigenvalue weighted by Crippen LogP contribution is 2.33. The summed E-state index contributed by atoms with van der Waals surface area (Å²) in [5.41, 5.74) is 3.12. The van der Waals surface area contributed by atoms with Gasteiger partial charge in [-0.25, -0.2) is 0 Å². The monoisotopic (exact) mass is 389 g/mol. The van der Waals surface area contributed by atoms with Gasteiger partial charge < -0.3 is 9.80 Å². The van der Waals surface area contributed by atoms with Crippen molar-refractivity contribution in [3.8, 4) is 0 Å². The lowest BCUT2D eigenvalue weighted by Crippen LogP contribution is -2.47. The number of para-hydroxylation sites is 1. The molecule has 150 valence electrons. The zero-order valence-corrected chi connectivity index (χ0v) is 17.0. The summed E-state index contributed by atoms with van der Waals surface area (Å²) < 4.78 is 0. The fraction of sp³-hybridized carbons (Fsp3) is 0.333. The van der Waals surface area contributed by atoms with Gasteiger partial charge in [0.15, 0.2) is 0 Å². The molecule has 2 aliphatic rings. The minimum atomic E-state index is -0.171. The minimum Gasteiger partial charge on any atom is -0.368 e. The second-order valence-electron chi connectivity index (χ2n) is 8.01. The molecular formula is C24H27N3O2. The van der Waals surface area contributed by atoms with Crippen molar-refractivity contribution in [1.29, 1.82) is 0 Å². The second kappa shape index (κ2) is 8.11. The molecular weight excluding hydrogens is 362 g/mol. The summed E-state index contributed by atoms with van der Waals surface area (Å²) >= 11 is 0. The van der Waals surface area contributed by atoms with Crippen LogP contribution in [0.2, 0.25) is 0 Å². The molecule has 0 unspecified atom stereocenters. The summed E-state index contributed by atoms with van der Waals surface area (Å²) in [7, 11) is 0. The van der Waals surface area contributed by atoms with Crippen molar-refractivity contribution in [1.82, 2.24) is 9.80 Å². The molecule has 5 heteroatoms. The molecule has 0 spiro atoms. The molecule has 0 bridgehead atoms. The second-order valence-corrected chi connectivity index (χ2v) is 8.01. The quantitative estimate of drug-likeness (QED) is 0.737. The first-order valence-electron chi connectivity index (χ1n) is 10.3. The fourth-order valence-corrected chi connectivity index (χ4v) is 4.08. The van der Waals surface area contributed by atoms with E-state index in [0.29, 0.717) is 17.8 Å². The molecule has 2 amide bonds. The van der Waals surface area contributed by atoms with Gasteiger partial charge in [-0.05, 0) is 23.6 Å². The highest BCUT2D eigenvalue weighted by Gasteiger charge is 2.42. The van der Waals surface area contributed by atoms with Gasteiger partial charge in [-0.3, -0.25) is 14.5 Å². The van der Waals surface area contributed by atoms with Gasteiger partial charge in [-0.1, -0.05) is 62.4 Å². The summed E-state index contributed by atoms with van der Waals surface area (Å²) in [4.78, 5) is 32.3. The van der Waals surface area contributed by atoms with Gasteiger partial charge in [0, 0.05) is 38.4 Å². The summed E-state index contributed by atoms with van der Waals surface area (Å²) in [5, 5.41) is 0. The molecule has 2 aromatic rings. The summed E-state index contributed by atoms with van der Waals surface area (Å²) in [6, 6.07) is 19.9. The van der Waals surface area contributed by atoms with Crippen LogP contribution in [-0.4, -0.2) is 54.3 Å². The van der Waals surface area contributed by atoms with E-state index in [0.717, 1.165) is 31.7 Å². The van der Waals surface area contributed by atoms with Gasteiger partial charge in [-0.15, -0.1) is 0 Å². The molecule has 0 N–H and O–H groups in total. The third kappa shape index (κ3) is 3.77. The van der Waals surface area contributed by atoms with Gasteiger partial charge in [0.1, 0.15) is 5.70 Å². The number of anilines is 1. The molecule has 5 nitrogen and oxygen atoms in total. The lowest BCUT2D eigenvalue weighted by Gasteiger charge is -2.37. The van der Waals surface area contributed by atoms with Crippen LogP contribution >= 0.6 is 0 Å². The van der Waals surface area contributed by atoms with Gasteiger partial charge in [0.05, 0.1) is 5.57 Å². The highest BCUT2D eigenvalue weighted by molar-refractivity contribution is 6.35. The smallest absolute Gasteiger partial charge is 0.277 e. The Labute approximate surface area is 172 Å². The van der Waals surface area contributed by atoms with E-state index in [1.165, 1.54) is 10.6 Å². The first-order valence-corrected chi connectivity index (χ1v) is 10.3. The van der Waals surface area contributed by atoms with Crippen LogP contribution in [0, 0.1) is 5.92 Å². The fourth-order valence-electron chi connectivity index (χ4n) is 4.08. The van der Waals surface area contributed by atoms with Crippen LogP contribution in [0.15, 0.2) is 66.4 Å². The van der Waals surface area contributed by atoms with Gasteiger partial charge >= 0.3 is 0 Å². The molecule has 29 heavy (non-hydrogen) atoms. The van der Waals surface area contributed by atoms with Crippen molar-refractivity contribution in [2.45, 2.75) is 13.8 Å². The number of hydrogen-bond acceptors (Lipinski definition) is 4. The van der Waals surface area contributed by atoms with E-state index >= 15 is 0 Å². The highest BCUT2D eigenvalue weighted by atomic mass is 16.2. The third-order valence-corrected chi connectivity index (χ3v) is 5.47. The zero-order chi connectivity index (χ0) is 20.4. The van der Waals surface area contributed by atoms with Crippen LogP contribution < -0.4 is 4.90 Å². The number of amides is 2. The van der Waals surface area contributed by atoms with E-state index < -0.39 is 0 Å². The van der Waals surface area contributed by atoms with E-state index in [9.17, 15) is 9.59 Å². The van der Waals surface area contributed by atoms with Crippen LogP contribution in [0.4, 0.5) is 5.69 Å².